The first-order chi connectivity index (χ1) is 17.2. The summed E-state index contributed by atoms with van der Waals surface area (Å²) in [5.41, 5.74) is 0.226. The maximum Gasteiger partial charge on any atom is 0.410 e. The van der Waals surface area contributed by atoms with E-state index in [2.05, 4.69) is 0 Å². The van der Waals surface area contributed by atoms with Gasteiger partial charge in [-0.15, -0.1) is 0 Å². The molecule has 1 aliphatic rings. The van der Waals surface area contributed by atoms with Crippen LogP contribution in [0.5, 0.6) is 5.75 Å². The molecule has 0 bridgehead atoms. The summed E-state index contributed by atoms with van der Waals surface area (Å²) in [6, 6.07) is 8.75. The van der Waals surface area contributed by atoms with Crippen LogP contribution in [0.1, 0.15) is 28.3 Å². The number of fused-ring (bicyclic) bond motifs is 1. The summed E-state index contributed by atoms with van der Waals surface area (Å²) in [5.74, 6) is -5.65. The minimum atomic E-state index is -1.26. The number of hydrogen-bond donors (Lipinski definition) is 1. The van der Waals surface area contributed by atoms with Gasteiger partial charge < -0.3 is 14.6 Å². The molecular formula is C25H18ClF4NO5. The highest BCUT2D eigenvalue weighted by Gasteiger charge is 2.37. The molecule has 188 valence electrons. The first kappa shape index (κ1) is 25.3. The van der Waals surface area contributed by atoms with Crippen LogP contribution in [-0.2, 0) is 22.6 Å². The largest absolute Gasteiger partial charge is 0.482 e. The molecule has 1 amide bonds. The molecule has 1 aliphatic heterocycles. The van der Waals surface area contributed by atoms with Gasteiger partial charge in [0, 0.05) is 22.7 Å². The molecule has 1 heterocycles. The zero-order valence-corrected chi connectivity index (χ0v) is 19.2. The summed E-state index contributed by atoms with van der Waals surface area (Å²) in [6.45, 7) is -1.43. The SMILES string of the molecule is O=C(O)COc1ccc(Cl)cc1[C@@H]1c2ccc(F)c(F)c2CCN1C(=O)OCc1cccc(F)c1F. The summed E-state index contributed by atoms with van der Waals surface area (Å²) >= 11 is 6.17. The van der Waals surface area contributed by atoms with Crippen LogP contribution in [0.3, 0.4) is 0 Å². The van der Waals surface area contributed by atoms with Crippen LogP contribution >= 0.6 is 11.6 Å². The topological polar surface area (TPSA) is 76.1 Å². The summed E-state index contributed by atoms with van der Waals surface area (Å²) in [6.07, 6.45) is -1.02. The molecule has 3 aromatic rings. The normalized spacial score (nSPS) is 14.8. The van der Waals surface area contributed by atoms with Crippen LogP contribution in [0.25, 0.3) is 0 Å². The fraction of sp³-hybridized carbons (Fsp3) is 0.200. The van der Waals surface area contributed by atoms with Crippen LogP contribution in [-0.4, -0.2) is 35.2 Å². The summed E-state index contributed by atoms with van der Waals surface area (Å²) in [5, 5.41) is 9.24. The highest BCUT2D eigenvalue weighted by molar-refractivity contribution is 6.30. The Hall–Kier alpha value is -3.79. The number of carbonyl (C=O) groups excluding carboxylic acids is 1. The van der Waals surface area contributed by atoms with Crippen molar-refractivity contribution in [2.45, 2.75) is 19.1 Å². The predicted octanol–water partition coefficient (Wildman–Crippen LogP) is 5.64. The molecule has 6 nitrogen and oxygen atoms in total. The second-order valence-electron chi connectivity index (χ2n) is 7.91. The summed E-state index contributed by atoms with van der Waals surface area (Å²) in [4.78, 5) is 25.4. The third kappa shape index (κ3) is 5.08. The van der Waals surface area contributed by atoms with Crippen molar-refractivity contribution in [2.75, 3.05) is 13.2 Å². The molecule has 0 radical (unpaired) electrons. The molecule has 1 atom stereocenters. The Morgan fingerprint density at radius 2 is 1.75 bits per heavy atom. The molecule has 3 aromatic carbocycles. The van der Waals surface area contributed by atoms with Crippen molar-refractivity contribution in [1.29, 1.82) is 0 Å². The fourth-order valence-corrected chi connectivity index (χ4v) is 4.25. The van der Waals surface area contributed by atoms with Crippen LogP contribution in [0, 0.1) is 23.3 Å². The second kappa shape index (κ2) is 10.4. The highest BCUT2D eigenvalue weighted by atomic mass is 35.5. The first-order valence-electron chi connectivity index (χ1n) is 10.6. The Labute approximate surface area is 207 Å². The molecule has 0 aliphatic carbocycles. The van der Waals surface area contributed by atoms with E-state index in [1.54, 1.807) is 0 Å². The predicted molar refractivity (Wildman–Crippen MR) is 120 cm³/mol. The summed E-state index contributed by atoms with van der Waals surface area (Å²) in [7, 11) is 0. The van der Waals surface area contributed by atoms with E-state index in [-0.39, 0.29) is 46.0 Å². The van der Waals surface area contributed by atoms with Crippen molar-refractivity contribution in [3.05, 3.63) is 99.1 Å². The molecule has 0 aromatic heterocycles. The second-order valence-corrected chi connectivity index (χ2v) is 8.34. The first-order valence-corrected chi connectivity index (χ1v) is 11.0. The third-order valence-electron chi connectivity index (χ3n) is 5.68. The standard InChI is InChI=1S/C25H18ClF4NO5/c26-14-4-7-20(35-12-21(32)33)17(10-14)24-16-5-6-19(28)23(30)15(16)8-9-31(24)25(34)36-11-13-2-1-3-18(27)22(13)29/h1-7,10,24H,8-9,11-12H2,(H,32,33)/t24-/m0/s1. The number of carboxylic acids is 1. The number of nitrogens with zero attached hydrogens (tertiary/aromatic N) is 1. The minimum absolute atomic E-state index is 0.0179. The maximum absolute atomic E-state index is 14.7. The summed E-state index contributed by atoms with van der Waals surface area (Å²) < 4.78 is 66.8. The van der Waals surface area contributed by atoms with Crippen LogP contribution in [0.4, 0.5) is 22.4 Å². The third-order valence-corrected chi connectivity index (χ3v) is 5.91. The van der Waals surface area contributed by atoms with Gasteiger partial charge in [0.05, 0.1) is 6.04 Å². The minimum Gasteiger partial charge on any atom is -0.482 e. The molecule has 0 unspecified atom stereocenters. The average molecular weight is 524 g/mol. The maximum atomic E-state index is 14.7. The van der Waals surface area contributed by atoms with Gasteiger partial charge in [0.2, 0.25) is 0 Å². The lowest BCUT2D eigenvalue weighted by molar-refractivity contribution is -0.139. The zero-order valence-electron chi connectivity index (χ0n) is 18.4. The van der Waals surface area contributed by atoms with Gasteiger partial charge in [-0.1, -0.05) is 29.8 Å². The number of amides is 1. The monoisotopic (exact) mass is 523 g/mol. The quantitative estimate of drug-likeness (QED) is 0.423. The number of rotatable bonds is 6. The van der Waals surface area contributed by atoms with Crippen molar-refractivity contribution >= 4 is 23.7 Å². The average Bonchev–Trinajstić information content (AvgIpc) is 2.85. The van der Waals surface area contributed by atoms with Gasteiger partial charge in [0.25, 0.3) is 0 Å². The Morgan fingerprint density at radius 3 is 2.50 bits per heavy atom. The zero-order chi connectivity index (χ0) is 26.0. The molecule has 4 rings (SSSR count). The van der Waals surface area contributed by atoms with Crippen LogP contribution in [0.2, 0.25) is 5.02 Å². The highest BCUT2D eigenvalue weighted by Crippen LogP contribution is 2.42. The van der Waals surface area contributed by atoms with Crippen molar-refractivity contribution < 1.29 is 41.7 Å². The van der Waals surface area contributed by atoms with E-state index in [1.165, 1.54) is 41.3 Å². The number of benzene rings is 3. The van der Waals surface area contributed by atoms with E-state index < -0.39 is 54.6 Å². The van der Waals surface area contributed by atoms with E-state index in [1.807, 2.05) is 0 Å². The van der Waals surface area contributed by atoms with E-state index in [9.17, 15) is 27.2 Å². The van der Waals surface area contributed by atoms with Gasteiger partial charge in [0.1, 0.15) is 12.4 Å². The van der Waals surface area contributed by atoms with Gasteiger partial charge in [-0.25, -0.2) is 27.2 Å². The van der Waals surface area contributed by atoms with Crippen molar-refractivity contribution in [3.8, 4) is 5.75 Å². The van der Waals surface area contributed by atoms with Crippen molar-refractivity contribution in [2.24, 2.45) is 0 Å². The lowest BCUT2D eigenvalue weighted by Crippen LogP contribution is -2.41. The number of aliphatic carboxylic acids is 1. The molecule has 36 heavy (non-hydrogen) atoms. The lowest BCUT2D eigenvalue weighted by Gasteiger charge is -2.37. The molecule has 0 spiro atoms. The Balaban J connectivity index is 1.74. The van der Waals surface area contributed by atoms with Crippen molar-refractivity contribution in [3.63, 3.8) is 0 Å². The lowest BCUT2D eigenvalue weighted by atomic mass is 9.87. The van der Waals surface area contributed by atoms with Crippen LogP contribution < -0.4 is 4.74 Å². The van der Waals surface area contributed by atoms with Gasteiger partial charge >= 0.3 is 12.1 Å². The van der Waals surface area contributed by atoms with Gasteiger partial charge in [-0.3, -0.25) is 4.90 Å². The number of halogens is 5. The molecule has 0 saturated heterocycles. The smallest absolute Gasteiger partial charge is 0.410 e. The van der Waals surface area contributed by atoms with Crippen LogP contribution in [0.15, 0.2) is 48.5 Å². The van der Waals surface area contributed by atoms with Gasteiger partial charge in [0.15, 0.2) is 29.9 Å². The number of carbonyl (C=O) groups is 2. The Bertz CT molecular complexity index is 1340. The molecule has 11 heteroatoms. The Kier molecular flexibility index (Phi) is 7.35. The Morgan fingerprint density at radius 1 is 1.00 bits per heavy atom. The van der Waals surface area contributed by atoms with E-state index in [0.29, 0.717) is 0 Å². The molecule has 1 N–H and O–H groups in total. The molecule has 0 saturated carbocycles. The van der Waals surface area contributed by atoms with E-state index in [0.717, 1.165) is 12.1 Å². The van der Waals surface area contributed by atoms with Gasteiger partial charge in [-0.05, 0) is 47.9 Å². The van der Waals surface area contributed by atoms with E-state index >= 15 is 0 Å². The van der Waals surface area contributed by atoms with E-state index in [4.69, 9.17) is 26.2 Å². The number of ether oxygens (including phenoxy) is 2. The van der Waals surface area contributed by atoms with Gasteiger partial charge in [-0.2, -0.15) is 0 Å². The fourth-order valence-electron chi connectivity index (χ4n) is 4.07. The van der Waals surface area contributed by atoms with Crippen molar-refractivity contribution in [1.82, 2.24) is 4.90 Å². The molecule has 0 fully saturated rings. The molecular weight excluding hydrogens is 506 g/mol. The number of carboxylic acid groups (broad SMARTS) is 1. The number of hydrogen-bond acceptors (Lipinski definition) is 4.